The molecule has 20 heavy (non-hydrogen) atoms. The van der Waals surface area contributed by atoms with Crippen molar-refractivity contribution in [1.29, 1.82) is 0 Å². The molecule has 0 saturated heterocycles. The first-order valence-electron chi connectivity index (χ1n) is 5.76. The maximum Gasteiger partial charge on any atom is 0.417 e. The summed E-state index contributed by atoms with van der Waals surface area (Å²) in [5, 5.41) is 0. The number of nitrogens with zero attached hydrogens (tertiary/aromatic N) is 1. The van der Waals surface area contributed by atoms with Gasteiger partial charge in [0.15, 0.2) is 0 Å². The van der Waals surface area contributed by atoms with Gasteiger partial charge in [0.05, 0.1) is 18.2 Å². The van der Waals surface area contributed by atoms with Gasteiger partial charge >= 0.3 is 12.1 Å². The van der Waals surface area contributed by atoms with E-state index in [2.05, 4.69) is 4.74 Å². The molecule has 0 aliphatic heterocycles. The SMILES string of the molecule is COC(=O)c1cc(-c2ccccc2C(F)(F)F)n(C)c1. The number of ether oxygens (including phenoxy) is 1. The van der Waals surface area contributed by atoms with E-state index in [9.17, 15) is 18.0 Å². The normalized spacial score (nSPS) is 11.4. The molecule has 0 amide bonds. The molecule has 1 aromatic heterocycles. The van der Waals surface area contributed by atoms with Crippen LogP contribution in [0, 0.1) is 0 Å². The van der Waals surface area contributed by atoms with E-state index in [1.807, 2.05) is 0 Å². The van der Waals surface area contributed by atoms with Crippen LogP contribution in [0.3, 0.4) is 0 Å². The molecule has 1 aromatic carbocycles. The second-order valence-corrected chi connectivity index (χ2v) is 4.26. The molecule has 0 spiro atoms. The van der Waals surface area contributed by atoms with Gasteiger partial charge in [-0.05, 0) is 12.1 Å². The van der Waals surface area contributed by atoms with Crippen LogP contribution in [0.25, 0.3) is 11.3 Å². The second-order valence-electron chi connectivity index (χ2n) is 4.26. The largest absolute Gasteiger partial charge is 0.465 e. The number of benzene rings is 1. The Hall–Kier alpha value is -2.24. The monoisotopic (exact) mass is 283 g/mol. The van der Waals surface area contributed by atoms with Gasteiger partial charge in [0, 0.05) is 24.5 Å². The Morgan fingerprint density at radius 1 is 1.25 bits per heavy atom. The third kappa shape index (κ3) is 2.54. The highest BCUT2D eigenvalue weighted by Gasteiger charge is 2.34. The van der Waals surface area contributed by atoms with Crippen molar-refractivity contribution in [3.8, 4) is 11.3 Å². The summed E-state index contributed by atoms with van der Waals surface area (Å²) in [6, 6.07) is 6.63. The lowest BCUT2D eigenvalue weighted by Crippen LogP contribution is -2.07. The summed E-state index contributed by atoms with van der Waals surface area (Å²) in [7, 11) is 2.80. The number of halogens is 3. The fourth-order valence-corrected chi connectivity index (χ4v) is 2.02. The van der Waals surface area contributed by atoms with Crippen molar-refractivity contribution in [1.82, 2.24) is 4.57 Å². The van der Waals surface area contributed by atoms with Crippen LogP contribution in [-0.4, -0.2) is 17.6 Å². The van der Waals surface area contributed by atoms with Crippen LogP contribution in [0.1, 0.15) is 15.9 Å². The lowest BCUT2D eigenvalue weighted by atomic mass is 10.0. The summed E-state index contributed by atoms with van der Waals surface area (Å²) in [6.07, 6.45) is -3.01. The Bertz CT molecular complexity index is 644. The number of methoxy groups -OCH3 is 1. The van der Waals surface area contributed by atoms with Crippen LogP contribution in [0.5, 0.6) is 0 Å². The van der Waals surface area contributed by atoms with E-state index in [0.717, 1.165) is 6.07 Å². The Morgan fingerprint density at radius 3 is 2.50 bits per heavy atom. The van der Waals surface area contributed by atoms with E-state index in [1.165, 1.54) is 42.1 Å². The van der Waals surface area contributed by atoms with Crippen LogP contribution >= 0.6 is 0 Å². The van der Waals surface area contributed by atoms with Gasteiger partial charge in [-0.3, -0.25) is 0 Å². The van der Waals surface area contributed by atoms with Crippen molar-refractivity contribution in [3.63, 3.8) is 0 Å². The first-order chi connectivity index (χ1) is 9.34. The fraction of sp³-hybridized carbons (Fsp3) is 0.214. The fourth-order valence-electron chi connectivity index (χ4n) is 2.02. The highest BCUT2D eigenvalue weighted by molar-refractivity contribution is 5.91. The van der Waals surface area contributed by atoms with E-state index < -0.39 is 17.7 Å². The molecule has 6 heteroatoms. The quantitative estimate of drug-likeness (QED) is 0.790. The van der Waals surface area contributed by atoms with Crippen LogP contribution in [-0.2, 0) is 18.0 Å². The van der Waals surface area contributed by atoms with Crippen LogP contribution in [0.2, 0.25) is 0 Å². The lowest BCUT2D eigenvalue weighted by Gasteiger charge is -2.13. The molecule has 2 aromatic rings. The molecular formula is C14H12F3NO2. The summed E-state index contributed by atoms with van der Waals surface area (Å²) in [4.78, 5) is 11.4. The van der Waals surface area contributed by atoms with Crippen LogP contribution in [0.4, 0.5) is 13.2 Å². The second kappa shape index (κ2) is 5.03. The maximum absolute atomic E-state index is 13.0. The van der Waals surface area contributed by atoms with Crippen molar-refractivity contribution >= 4 is 5.97 Å². The van der Waals surface area contributed by atoms with Crippen molar-refractivity contribution in [2.75, 3.05) is 7.11 Å². The molecule has 0 N–H and O–H groups in total. The first-order valence-corrected chi connectivity index (χ1v) is 5.76. The van der Waals surface area contributed by atoms with E-state index in [-0.39, 0.29) is 11.1 Å². The van der Waals surface area contributed by atoms with Crippen LogP contribution < -0.4 is 0 Å². The molecule has 0 aliphatic carbocycles. The van der Waals surface area contributed by atoms with Crippen LogP contribution in [0.15, 0.2) is 36.5 Å². The van der Waals surface area contributed by atoms with Gasteiger partial charge in [0.2, 0.25) is 0 Å². The minimum atomic E-state index is -4.45. The Kier molecular flexibility index (Phi) is 3.57. The molecule has 106 valence electrons. The minimum Gasteiger partial charge on any atom is -0.465 e. The number of carbonyl (C=O) groups excluding carboxylic acids is 1. The Morgan fingerprint density at radius 2 is 1.90 bits per heavy atom. The van der Waals surface area contributed by atoms with Crippen molar-refractivity contribution in [2.24, 2.45) is 7.05 Å². The van der Waals surface area contributed by atoms with E-state index in [0.29, 0.717) is 5.69 Å². The predicted octanol–water partition coefficient (Wildman–Crippen LogP) is 3.50. The topological polar surface area (TPSA) is 31.2 Å². The Balaban J connectivity index is 2.58. The molecule has 0 unspecified atom stereocenters. The number of alkyl halides is 3. The third-order valence-electron chi connectivity index (χ3n) is 2.93. The standard InChI is InChI=1S/C14H12F3NO2/c1-18-8-9(13(19)20-2)7-12(18)10-5-3-4-6-11(10)14(15,16)17/h3-8H,1-2H3. The summed E-state index contributed by atoms with van der Waals surface area (Å²) >= 11 is 0. The van der Waals surface area contributed by atoms with Gasteiger partial charge < -0.3 is 9.30 Å². The highest BCUT2D eigenvalue weighted by atomic mass is 19.4. The molecule has 0 aliphatic rings. The van der Waals surface area contributed by atoms with Gasteiger partial charge in [-0.15, -0.1) is 0 Å². The van der Waals surface area contributed by atoms with E-state index >= 15 is 0 Å². The van der Waals surface area contributed by atoms with Crippen molar-refractivity contribution < 1.29 is 22.7 Å². The number of hydrogen-bond acceptors (Lipinski definition) is 2. The molecule has 0 radical (unpaired) electrons. The highest BCUT2D eigenvalue weighted by Crippen LogP contribution is 2.37. The summed E-state index contributed by atoms with van der Waals surface area (Å²) in [5.41, 5.74) is -0.199. The summed E-state index contributed by atoms with van der Waals surface area (Å²) < 4.78 is 45.0. The zero-order valence-electron chi connectivity index (χ0n) is 10.9. The smallest absolute Gasteiger partial charge is 0.417 e. The molecular weight excluding hydrogens is 271 g/mol. The van der Waals surface area contributed by atoms with Gasteiger partial charge in [0.25, 0.3) is 0 Å². The minimum absolute atomic E-state index is 0.0256. The summed E-state index contributed by atoms with van der Waals surface area (Å²) in [5.74, 6) is -0.587. The first kappa shape index (κ1) is 14.2. The van der Waals surface area contributed by atoms with Gasteiger partial charge in [-0.25, -0.2) is 4.79 Å². The number of rotatable bonds is 2. The average Bonchev–Trinajstić information content (AvgIpc) is 2.79. The molecule has 1 heterocycles. The molecule has 0 saturated carbocycles. The maximum atomic E-state index is 13.0. The zero-order valence-corrected chi connectivity index (χ0v) is 10.9. The summed E-state index contributed by atoms with van der Waals surface area (Å²) in [6.45, 7) is 0. The predicted molar refractivity (Wildman–Crippen MR) is 67.2 cm³/mol. The van der Waals surface area contributed by atoms with E-state index in [4.69, 9.17) is 0 Å². The number of aromatic nitrogens is 1. The molecule has 3 nitrogen and oxygen atoms in total. The number of aryl methyl sites for hydroxylation is 1. The van der Waals surface area contributed by atoms with Gasteiger partial charge in [-0.2, -0.15) is 13.2 Å². The molecule has 2 rings (SSSR count). The van der Waals surface area contributed by atoms with E-state index in [1.54, 1.807) is 7.05 Å². The molecule has 0 bridgehead atoms. The van der Waals surface area contributed by atoms with Gasteiger partial charge in [0.1, 0.15) is 0 Å². The average molecular weight is 283 g/mol. The molecule has 0 fully saturated rings. The van der Waals surface area contributed by atoms with Crippen molar-refractivity contribution in [2.45, 2.75) is 6.18 Å². The third-order valence-corrected chi connectivity index (χ3v) is 2.93. The van der Waals surface area contributed by atoms with Crippen molar-refractivity contribution in [3.05, 3.63) is 47.7 Å². The lowest BCUT2D eigenvalue weighted by molar-refractivity contribution is -0.137. The number of esters is 1. The van der Waals surface area contributed by atoms with Gasteiger partial charge in [-0.1, -0.05) is 18.2 Å². The number of carbonyl (C=O) groups is 1. The zero-order chi connectivity index (χ0) is 14.9. The Labute approximate surface area is 113 Å². The number of hydrogen-bond donors (Lipinski definition) is 0. The molecule has 0 atom stereocenters.